The van der Waals surface area contributed by atoms with Crippen LogP contribution in [0.25, 0.3) is 0 Å². The number of methoxy groups -OCH3 is 2. The molecule has 0 unspecified atom stereocenters. The molecule has 112 valence electrons. The van der Waals surface area contributed by atoms with Crippen molar-refractivity contribution >= 4 is 5.69 Å². The largest absolute Gasteiger partial charge is 0.496 e. The Morgan fingerprint density at radius 2 is 1.57 bits per heavy atom. The van der Waals surface area contributed by atoms with Gasteiger partial charge in [0.2, 0.25) is 0 Å². The minimum atomic E-state index is 0.161. The molecule has 1 atom stereocenters. The van der Waals surface area contributed by atoms with Crippen LogP contribution in [0.5, 0.6) is 11.5 Å². The molecule has 0 aliphatic carbocycles. The molecule has 2 aromatic carbocycles. The monoisotopic (exact) mass is 285 g/mol. The van der Waals surface area contributed by atoms with Crippen molar-refractivity contribution < 1.29 is 9.47 Å². The van der Waals surface area contributed by atoms with E-state index in [4.69, 9.17) is 9.47 Å². The molecule has 3 heteroatoms. The highest BCUT2D eigenvalue weighted by molar-refractivity contribution is 5.56. The van der Waals surface area contributed by atoms with Crippen LogP contribution in [-0.2, 0) is 0 Å². The number of anilines is 1. The molecule has 0 aliphatic heterocycles. The van der Waals surface area contributed by atoms with Crippen LogP contribution in [0, 0.1) is 13.8 Å². The van der Waals surface area contributed by atoms with E-state index in [9.17, 15) is 0 Å². The van der Waals surface area contributed by atoms with Crippen LogP contribution < -0.4 is 14.8 Å². The molecule has 0 aromatic heterocycles. The lowest BCUT2D eigenvalue weighted by Gasteiger charge is -2.20. The first-order valence-corrected chi connectivity index (χ1v) is 7.11. The Bertz CT molecular complexity index is 599. The maximum atomic E-state index is 5.43. The number of nitrogens with one attached hydrogen (secondary N) is 1. The van der Waals surface area contributed by atoms with Gasteiger partial charge in [0.25, 0.3) is 0 Å². The zero-order chi connectivity index (χ0) is 15.4. The predicted molar refractivity (Wildman–Crippen MR) is 87.5 cm³/mol. The first-order valence-electron chi connectivity index (χ1n) is 7.11. The van der Waals surface area contributed by atoms with Crippen molar-refractivity contribution in [1.29, 1.82) is 0 Å². The zero-order valence-corrected chi connectivity index (χ0v) is 13.4. The number of hydrogen-bond donors (Lipinski definition) is 1. The van der Waals surface area contributed by atoms with Gasteiger partial charge in [-0.15, -0.1) is 0 Å². The van der Waals surface area contributed by atoms with Crippen LogP contribution >= 0.6 is 0 Å². The van der Waals surface area contributed by atoms with Crippen LogP contribution in [0.3, 0.4) is 0 Å². The molecule has 21 heavy (non-hydrogen) atoms. The Balaban J connectivity index is 2.25. The molecule has 0 aliphatic rings. The summed E-state index contributed by atoms with van der Waals surface area (Å²) in [6.45, 7) is 6.25. The maximum absolute atomic E-state index is 5.43. The van der Waals surface area contributed by atoms with Crippen LogP contribution in [0.15, 0.2) is 36.4 Å². The highest BCUT2D eigenvalue weighted by Crippen LogP contribution is 2.31. The first-order chi connectivity index (χ1) is 10.1. The molecule has 0 spiro atoms. The molecular formula is C18H23NO2. The van der Waals surface area contributed by atoms with Crippen LogP contribution in [0.1, 0.15) is 29.7 Å². The third-order valence-electron chi connectivity index (χ3n) is 3.65. The van der Waals surface area contributed by atoms with E-state index in [1.54, 1.807) is 14.2 Å². The fourth-order valence-electron chi connectivity index (χ4n) is 2.71. The van der Waals surface area contributed by atoms with Gasteiger partial charge in [0.05, 0.1) is 20.3 Å². The summed E-state index contributed by atoms with van der Waals surface area (Å²) in [5.41, 5.74) is 4.50. The minimum absolute atomic E-state index is 0.161. The third kappa shape index (κ3) is 3.30. The summed E-state index contributed by atoms with van der Waals surface area (Å²) in [6.07, 6.45) is 0. The highest BCUT2D eigenvalue weighted by atomic mass is 16.5. The van der Waals surface area contributed by atoms with Gasteiger partial charge in [0.1, 0.15) is 11.5 Å². The van der Waals surface area contributed by atoms with E-state index < -0.39 is 0 Å². The lowest BCUT2D eigenvalue weighted by molar-refractivity contribution is 0.407. The predicted octanol–water partition coefficient (Wildman–Crippen LogP) is 4.49. The first kappa shape index (κ1) is 15.2. The van der Waals surface area contributed by atoms with E-state index in [-0.39, 0.29) is 6.04 Å². The van der Waals surface area contributed by atoms with Crippen LogP contribution in [0.4, 0.5) is 5.69 Å². The molecule has 2 aromatic rings. The van der Waals surface area contributed by atoms with E-state index in [1.165, 1.54) is 0 Å². The van der Waals surface area contributed by atoms with E-state index >= 15 is 0 Å². The molecule has 2 rings (SSSR count). The molecule has 0 saturated heterocycles. The normalized spacial score (nSPS) is 11.9. The smallest absolute Gasteiger partial charge is 0.124 e. The summed E-state index contributed by atoms with van der Waals surface area (Å²) in [6, 6.07) is 12.5. The number of aryl methyl sites for hydroxylation is 2. The average Bonchev–Trinajstić information content (AvgIpc) is 2.46. The van der Waals surface area contributed by atoms with Crippen molar-refractivity contribution in [1.82, 2.24) is 0 Å². The molecule has 0 saturated carbocycles. The molecule has 0 amide bonds. The Morgan fingerprint density at radius 3 is 2.14 bits per heavy atom. The van der Waals surface area contributed by atoms with Crippen LogP contribution in [-0.4, -0.2) is 14.2 Å². The summed E-state index contributed by atoms with van der Waals surface area (Å²) < 4.78 is 10.8. The minimum Gasteiger partial charge on any atom is -0.496 e. The number of ether oxygens (including phenoxy) is 2. The third-order valence-corrected chi connectivity index (χ3v) is 3.65. The Labute approximate surface area is 126 Å². The lowest BCUT2D eigenvalue weighted by atomic mass is 10.1. The van der Waals surface area contributed by atoms with Gasteiger partial charge >= 0.3 is 0 Å². The second-order valence-electron chi connectivity index (χ2n) is 5.25. The van der Waals surface area contributed by atoms with Gasteiger partial charge in [-0.3, -0.25) is 0 Å². The topological polar surface area (TPSA) is 30.5 Å². The number of benzene rings is 2. The zero-order valence-electron chi connectivity index (χ0n) is 13.4. The molecular weight excluding hydrogens is 262 g/mol. The van der Waals surface area contributed by atoms with Crippen molar-refractivity contribution in [2.45, 2.75) is 26.8 Å². The average molecular weight is 285 g/mol. The number of para-hydroxylation sites is 1. The van der Waals surface area contributed by atoms with Gasteiger partial charge in [0.15, 0.2) is 0 Å². The SMILES string of the molecule is COc1ccccc1[C@@H](C)Nc1cc(C)c(OC)c(C)c1. The molecule has 0 fully saturated rings. The summed E-state index contributed by atoms with van der Waals surface area (Å²) >= 11 is 0. The van der Waals surface area contributed by atoms with E-state index in [0.717, 1.165) is 33.9 Å². The molecule has 3 nitrogen and oxygen atoms in total. The molecule has 0 bridgehead atoms. The molecule has 0 heterocycles. The maximum Gasteiger partial charge on any atom is 0.124 e. The van der Waals surface area contributed by atoms with Crippen molar-refractivity contribution in [2.75, 3.05) is 19.5 Å². The standard InChI is InChI=1S/C18H23NO2/c1-12-10-15(11-13(2)18(12)21-5)19-14(3)16-8-6-7-9-17(16)20-4/h6-11,14,19H,1-5H3/t14-/m1/s1. The quantitative estimate of drug-likeness (QED) is 0.877. The number of hydrogen-bond acceptors (Lipinski definition) is 3. The fraction of sp³-hybridized carbons (Fsp3) is 0.333. The Hall–Kier alpha value is -2.16. The van der Waals surface area contributed by atoms with Crippen molar-refractivity contribution in [2.24, 2.45) is 0 Å². The number of rotatable bonds is 5. The van der Waals surface area contributed by atoms with Crippen molar-refractivity contribution in [3.05, 3.63) is 53.1 Å². The summed E-state index contributed by atoms with van der Waals surface area (Å²) in [5, 5.41) is 3.53. The van der Waals surface area contributed by atoms with Gasteiger partial charge < -0.3 is 14.8 Å². The van der Waals surface area contributed by atoms with Crippen molar-refractivity contribution in [3.63, 3.8) is 0 Å². The Morgan fingerprint density at radius 1 is 0.952 bits per heavy atom. The van der Waals surface area contributed by atoms with Gasteiger partial charge in [0, 0.05) is 11.3 Å². The highest BCUT2D eigenvalue weighted by Gasteiger charge is 2.12. The van der Waals surface area contributed by atoms with Crippen LogP contribution in [0.2, 0.25) is 0 Å². The van der Waals surface area contributed by atoms with E-state index in [0.29, 0.717) is 0 Å². The summed E-state index contributed by atoms with van der Waals surface area (Å²) in [7, 11) is 3.41. The van der Waals surface area contributed by atoms with Gasteiger partial charge in [-0.05, 0) is 50.1 Å². The van der Waals surface area contributed by atoms with E-state index in [2.05, 4.69) is 44.3 Å². The second-order valence-corrected chi connectivity index (χ2v) is 5.25. The summed E-state index contributed by atoms with van der Waals surface area (Å²) in [5.74, 6) is 1.85. The fourth-order valence-corrected chi connectivity index (χ4v) is 2.71. The lowest BCUT2D eigenvalue weighted by Crippen LogP contribution is -2.08. The Kier molecular flexibility index (Phi) is 4.73. The molecule has 0 radical (unpaired) electrons. The van der Waals surface area contributed by atoms with Crippen molar-refractivity contribution in [3.8, 4) is 11.5 Å². The summed E-state index contributed by atoms with van der Waals surface area (Å²) in [4.78, 5) is 0. The van der Waals surface area contributed by atoms with E-state index in [1.807, 2.05) is 18.2 Å². The second kappa shape index (κ2) is 6.53. The van der Waals surface area contributed by atoms with Gasteiger partial charge in [-0.25, -0.2) is 0 Å². The van der Waals surface area contributed by atoms with Gasteiger partial charge in [-0.1, -0.05) is 18.2 Å². The van der Waals surface area contributed by atoms with Gasteiger partial charge in [-0.2, -0.15) is 0 Å². The molecule has 1 N–H and O–H groups in total.